The summed E-state index contributed by atoms with van der Waals surface area (Å²) in [5, 5.41) is 2.50. The van der Waals surface area contributed by atoms with Crippen molar-refractivity contribution in [1.82, 2.24) is 4.72 Å². The van der Waals surface area contributed by atoms with Crippen LogP contribution in [0.15, 0.2) is 47.4 Å². The number of benzene rings is 2. The van der Waals surface area contributed by atoms with Crippen molar-refractivity contribution in [2.24, 2.45) is 0 Å². The summed E-state index contributed by atoms with van der Waals surface area (Å²) in [6, 6.07) is 9.25. The molecule has 6 nitrogen and oxygen atoms in total. The molecule has 0 fully saturated rings. The average molecular weight is 430 g/mol. The van der Waals surface area contributed by atoms with Crippen molar-refractivity contribution in [3.63, 3.8) is 0 Å². The van der Waals surface area contributed by atoms with Gasteiger partial charge in [0.15, 0.2) is 6.61 Å². The van der Waals surface area contributed by atoms with Gasteiger partial charge in [-0.3, -0.25) is 4.79 Å². The van der Waals surface area contributed by atoms with Gasteiger partial charge in [-0.1, -0.05) is 23.8 Å². The predicted molar refractivity (Wildman–Crippen MR) is 102 cm³/mol. The van der Waals surface area contributed by atoms with Crippen LogP contribution in [0.4, 0.5) is 18.9 Å². The number of carbonyl (C=O) groups is 1. The van der Waals surface area contributed by atoms with Gasteiger partial charge in [-0.15, -0.1) is 0 Å². The quantitative estimate of drug-likeness (QED) is 0.704. The fraction of sp³-hybridized carbons (Fsp3) is 0.316. The Kier molecular flexibility index (Phi) is 6.91. The van der Waals surface area contributed by atoms with Gasteiger partial charge in [-0.05, 0) is 45.0 Å². The van der Waals surface area contributed by atoms with Crippen molar-refractivity contribution in [1.29, 1.82) is 0 Å². The minimum absolute atomic E-state index is 0.0153. The van der Waals surface area contributed by atoms with E-state index in [0.717, 1.165) is 5.56 Å². The first-order chi connectivity index (χ1) is 13.4. The van der Waals surface area contributed by atoms with E-state index >= 15 is 0 Å². The fourth-order valence-electron chi connectivity index (χ4n) is 2.38. The zero-order chi connectivity index (χ0) is 21.8. The van der Waals surface area contributed by atoms with Gasteiger partial charge in [0.05, 0.1) is 10.9 Å². The second-order valence-corrected chi connectivity index (χ2v) is 8.19. The molecular weight excluding hydrogens is 409 g/mol. The smallest absolute Gasteiger partial charge is 0.422 e. The van der Waals surface area contributed by atoms with Crippen molar-refractivity contribution in [2.45, 2.75) is 37.9 Å². The molecule has 2 N–H and O–H groups in total. The Morgan fingerprint density at radius 3 is 2.31 bits per heavy atom. The maximum absolute atomic E-state index is 12.4. The van der Waals surface area contributed by atoms with E-state index in [-0.39, 0.29) is 16.3 Å². The summed E-state index contributed by atoms with van der Waals surface area (Å²) >= 11 is 0. The van der Waals surface area contributed by atoms with Crippen LogP contribution in [-0.4, -0.2) is 33.1 Å². The largest absolute Gasteiger partial charge is 0.484 e. The SMILES string of the molecule is Cc1ccc(S(=O)(=O)N[C@@H](C)C(=O)Nc2cccc(OCC(F)(F)F)c2C)cc1. The van der Waals surface area contributed by atoms with E-state index in [4.69, 9.17) is 4.74 Å². The van der Waals surface area contributed by atoms with Crippen molar-refractivity contribution in [3.8, 4) is 5.75 Å². The second kappa shape index (κ2) is 8.83. The number of halogens is 3. The van der Waals surface area contributed by atoms with E-state index < -0.39 is 34.8 Å². The van der Waals surface area contributed by atoms with Crippen molar-refractivity contribution in [2.75, 3.05) is 11.9 Å². The Morgan fingerprint density at radius 2 is 1.72 bits per heavy atom. The molecule has 2 rings (SSSR count). The Balaban J connectivity index is 2.08. The normalized spacial score (nSPS) is 13.0. The van der Waals surface area contributed by atoms with E-state index in [1.165, 1.54) is 44.2 Å². The minimum atomic E-state index is -4.49. The molecule has 29 heavy (non-hydrogen) atoms. The number of ether oxygens (including phenoxy) is 1. The van der Waals surface area contributed by atoms with E-state index in [2.05, 4.69) is 10.0 Å². The summed E-state index contributed by atoms with van der Waals surface area (Å²) in [4.78, 5) is 12.4. The number of alkyl halides is 3. The van der Waals surface area contributed by atoms with E-state index in [0.29, 0.717) is 5.56 Å². The van der Waals surface area contributed by atoms with Crippen molar-refractivity contribution >= 4 is 21.6 Å². The number of carbonyl (C=O) groups excluding carboxylic acids is 1. The van der Waals surface area contributed by atoms with Crippen LogP contribution in [0, 0.1) is 13.8 Å². The topological polar surface area (TPSA) is 84.5 Å². The number of hydrogen-bond donors (Lipinski definition) is 2. The van der Waals surface area contributed by atoms with Crippen molar-refractivity contribution < 1.29 is 31.1 Å². The lowest BCUT2D eigenvalue weighted by molar-refractivity contribution is -0.153. The number of anilines is 1. The lowest BCUT2D eigenvalue weighted by atomic mass is 10.1. The summed E-state index contributed by atoms with van der Waals surface area (Å²) in [7, 11) is -3.92. The molecule has 0 aliphatic heterocycles. The van der Waals surface area contributed by atoms with Gasteiger partial charge in [0.1, 0.15) is 5.75 Å². The highest BCUT2D eigenvalue weighted by Gasteiger charge is 2.29. The molecule has 10 heteroatoms. The predicted octanol–water partition coefficient (Wildman–Crippen LogP) is 3.55. The number of sulfonamides is 1. The van der Waals surface area contributed by atoms with Crippen LogP contribution in [-0.2, 0) is 14.8 Å². The third kappa shape index (κ3) is 6.47. The zero-order valence-corrected chi connectivity index (χ0v) is 16.8. The van der Waals surface area contributed by atoms with Crippen LogP contribution in [0.25, 0.3) is 0 Å². The number of aryl methyl sites for hydroxylation is 1. The highest BCUT2D eigenvalue weighted by Crippen LogP contribution is 2.27. The monoisotopic (exact) mass is 430 g/mol. The zero-order valence-electron chi connectivity index (χ0n) is 16.0. The Labute approximate surface area is 167 Å². The summed E-state index contributed by atoms with van der Waals surface area (Å²) in [6.07, 6.45) is -4.49. The molecule has 0 saturated carbocycles. The second-order valence-electron chi connectivity index (χ2n) is 6.48. The molecule has 0 unspecified atom stereocenters. The van der Waals surface area contributed by atoms with Crippen LogP contribution in [0.3, 0.4) is 0 Å². The molecular formula is C19H21F3N2O4S. The minimum Gasteiger partial charge on any atom is -0.484 e. The Bertz CT molecular complexity index is 974. The summed E-state index contributed by atoms with van der Waals surface area (Å²) in [5.41, 5.74) is 1.40. The lowest BCUT2D eigenvalue weighted by Crippen LogP contribution is -2.41. The summed E-state index contributed by atoms with van der Waals surface area (Å²) in [5.74, 6) is -0.704. The molecule has 0 radical (unpaired) electrons. The van der Waals surface area contributed by atoms with Crippen LogP contribution in [0.5, 0.6) is 5.75 Å². The van der Waals surface area contributed by atoms with Gasteiger partial charge < -0.3 is 10.1 Å². The molecule has 0 aliphatic carbocycles. The molecule has 0 aromatic heterocycles. The molecule has 1 amide bonds. The molecule has 1 atom stereocenters. The van der Waals surface area contributed by atoms with Gasteiger partial charge in [0.25, 0.3) is 0 Å². The first kappa shape index (κ1) is 22.7. The van der Waals surface area contributed by atoms with Gasteiger partial charge >= 0.3 is 6.18 Å². The van der Waals surface area contributed by atoms with Crippen LogP contribution in [0.1, 0.15) is 18.1 Å². The third-order valence-corrected chi connectivity index (χ3v) is 5.55. The first-order valence-corrected chi connectivity index (χ1v) is 10.1. The standard InChI is InChI=1S/C19H21F3N2O4S/c1-12-7-9-15(10-8-12)29(26,27)24-14(3)18(25)23-16-5-4-6-17(13(16)2)28-11-19(20,21)22/h4-10,14,24H,11H2,1-3H3,(H,23,25)/t14-/m0/s1. The van der Waals surface area contributed by atoms with E-state index in [1.807, 2.05) is 6.92 Å². The van der Waals surface area contributed by atoms with Gasteiger partial charge in [0.2, 0.25) is 15.9 Å². The van der Waals surface area contributed by atoms with E-state index in [1.54, 1.807) is 12.1 Å². The molecule has 2 aromatic rings. The fourth-order valence-corrected chi connectivity index (χ4v) is 3.58. The summed E-state index contributed by atoms with van der Waals surface area (Å²) in [6.45, 7) is 3.20. The number of hydrogen-bond acceptors (Lipinski definition) is 4. The van der Waals surface area contributed by atoms with Gasteiger partial charge in [-0.2, -0.15) is 17.9 Å². The van der Waals surface area contributed by atoms with E-state index in [9.17, 15) is 26.4 Å². The van der Waals surface area contributed by atoms with Crippen LogP contribution >= 0.6 is 0 Å². The molecule has 0 saturated heterocycles. The number of amides is 1. The highest BCUT2D eigenvalue weighted by atomic mass is 32.2. The van der Waals surface area contributed by atoms with Crippen LogP contribution < -0.4 is 14.8 Å². The maximum atomic E-state index is 12.4. The maximum Gasteiger partial charge on any atom is 0.422 e. The molecule has 2 aromatic carbocycles. The number of nitrogens with one attached hydrogen (secondary N) is 2. The highest BCUT2D eigenvalue weighted by molar-refractivity contribution is 7.89. The Morgan fingerprint density at radius 1 is 1.10 bits per heavy atom. The molecule has 0 heterocycles. The Hall–Kier alpha value is -2.59. The summed E-state index contributed by atoms with van der Waals surface area (Å²) < 4.78 is 68.8. The third-order valence-electron chi connectivity index (χ3n) is 3.99. The lowest BCUT2D eigenvalue weighted by Gasteiger charge is -2.17. The van der Waals surface area contributed by atoms with Crippen LogP contribution in [0.2, 0.25) is 0 Å². The molecule has 158 valence electrons. The first-order valence-electron chi connectivity index (χ1n) is 8.58. The van der Waals surface area contributed by atoms with Gasteiger partial charge in [0, 0.05) is 11.3 Å². The molecule has 0 aliphatic rings. The van der Waals surface area contributed by atoms with Gasteiger partial charge in [-0.25, -0.2) is 8.42 Å². The average Bonchev–Trinajstić information content (AvgIpc) is 2.61. The number of rotatable bonds is 7. The van der Waals surface area contributed by atoms with Crippen molar-refractivity contribution in [3.05, 3.63) is 53.6 Å². The molecule has 0 bridgehead atoms. The molecule has 0 spiro atoms.